The molecule has 1 N–H and O–H groups in total. The molecule has 0 unspecified atom stereocenters. The van der Waals surface area contributed by atoms with Crippen LogP contribution in [0.5, 0.6) is 0 Å². The van der Waals surface area contributed by atoms with Crippen molar-refractivity contribution in [1.82, 2.24) is 19.8 Å². The summed E-state index contributed by atoms with van der Waals surface area (Å²) in [4.78, 5) is 6.27. The molecule has 0 amide bonds. The van der Waals surface area contributed by atoms with E-state index in [0.717, 1.165) is 38.3 Å². The van der Waals surface area contributed by atoms with Gasteiger partial charge in [-0.15, -0.1) is 0 Å². The number of hydrogen-bond acceptors (Lipinski definition) is 3. The molecule has 5 heteroatoms. The molecule has 0 aliphatic carbocycles. The van der Waals surface area contributed by atoms with Crippen molar-refractivity contribution in [3.8, 4) is 5.69 Å². The van der Waals surface area contributed by atoms with Crippen LogP contribution in [0.25, 0.3) is 5.69 Å². The Balaban J connectivity index is 1.75. The number of piperazine rings is 1. The summed E-state index contributed by atoms with van der Waals surface area (Å²) in [6.07, 6.45) is 5.00. The van der Waals surface area contributed by atoms with Crippen LogP contribution in [0.15, 0.2) is 36.9 Å². The minimum Gasteiger partial charge on any atom is -0.314 e. The molecule has 2 heterocycles. The smallest absolute Gasteiger partial charge is 0.147 e. The number of hydrogen-bond donors (Lipinski definition) is 1. The van der Waals surface area contributed by atoms with Gasteiger partial charge in [-0.1, -0.05) is 6.07 Å². The Morgan fingerprint density at radius 3 is 2.79 bits per heavy atom. The minimum atomic E-state index is -0.203. The van der Waals surface area contributed by atoms with E-state index in [0.29, 0.717) is 5.69 Å². The van der Waals surface area contributed by atoms with Crippen LogP contribution in [0.3, 0.4) is 0 Å². The standard InChI is InChI=1S/C14H17FN4/c15-13-9-12(10-18-6-3-16-4-7-18)1-2-14(13)19-8-5-17-11-19/h1-2,5,8-9,11,16H,3-4,6-7,10H2. The van der Waals surface area contributed by atoms with Crippen molar-refractivity contribution in [1.29, 1.82) is 0 Å². The van der Waals surface area contributed by atoms with Gasteiger partial charge in [-0.05, 0) is 17.7 Å². The second-order valence-corrected chi connectivity index (χ2v) is 4.78. The van der Waals surface area contributed by atoms with Crippen molar-refractivity contribution in [2.45, 2.75) is 6.54 Å². The minimum absolute atomic E-state index is 0.203. The fourth-order valence-corrected chi connectivity index (χ4v) is 2.39. The zero-order valence-corrected chi connectivity index (χ0v) is 10.7. The predicted molar refractivity (Wildman–Crippen MR) is 71.7 cm³/mol. The highest BCUT2D eigenvalue weighted by molar-refractivity contribution is 5.36. The zero-order valence-electron chi connectivity index (χ0n) is 10.7. The third-order valence-electron chi connectivity index (χ3n) is 3.41. The second kappa shape index (κ2) is 5.50. The highest BCUT2D eigenvalue weighted by atomic mass is 19.1. The number of halogens is 1. The Hall–Kier alpha value is -1.72. The van der Waals surface area contributed by atoms with Gasteiger partial charge in [0.1, 0.15) is 5.82 Å². The fourth-order valence-electron chi connectivity index (χ4n) is 2.39. The van der Waals surface area contributed by atoms with Crippen molar-refractivity contribution < 1.29 is 4.39 Å². The van der Waals surface area contributed by atoms with Crippen LogP contribution in [0.2, 0.25) is 0 Å². The monoisotopic (exact) mass is 260 g/mol. The molecule has 0 radical (unpaired) electrons. The van der Waals surface area contributed by atoms with Crippen LogP contribution in [0.4, 0.5) is 4.39 Å². The first-order valence-corrected chi connectivity index (χ1v) is 6.53. The second-order valence-electron chi connectivity index (χ2n) is 4.78. The average Bonchev–Trinajstić information content (AvgIpc) is 2.94. The maximum absolute atomic E-state index is 14.1. The lowest BCUT2D eigenvalue weighted by molar-refractivity contribution is 0.233. The summed E-state index contributed by atoms with van der Waals surface area (Å²) in [6.45, 7) is 4.86. The number of benzene rings is 1. The molecule has 1 aromatic heterocycles. The van der Waals surface area contributed by atoms with Crippen LogP contribution < -0.4 is 5.32 Å². The Morgan fingerprint density at radius 2 is 2.11 bits per heavy atom. The first-order valence-electron chi connectivity index (χ1n) is 6.53. The topological polar surface area (TPSA) is 33.1 Å². The molecule has 0 bridgehead atoms. The van der Waals surface area contributed by atoms with Gasteiger partial charge in [-0.25, -0.2) is 9.37 Å². The molecule has 2 aromatic rings. The molecule has 4 nitrogen and oxygen atoms in total. The molecule has 1 aliphatic rings. The Kier molecular flexibility index (Phi) is 3.57. The Morgan fingerprint density at radius 1 is 1.26 bits per heavy atom. The normalized spacial score (nSPS) is 16.7. The van der Waals surface area contributed by atoms with Crippen LogP contribution in [0, 0.1) is 5.82 Å². The first-order chi connectivity index (χ1) is 9.33. The molecule has 100 valence electrons. The van der Waals surface area contributed by atoms with Crippen molar-refractivity contribution in [2.75, 3.05) is 26.2 Å². The van der Waals surface area contributed by atoms with Crippen LogP contribution in [0.1, 0.15) is 5.56 Å². The van der Waals surface area contributed by atoms with Gasteiger partial charge in [0.15, 0.2) is 0 Å². The Labute approximate surface area is 111 Å². The first kappa shape index (κ1) is 12.3. The quantitative estimate of drug-likeness (QED) is 0.906. The summed E-state index contributed by atoms with van der Waals surface area (Å²) in [6, 6.07) is 5.42. The fraction of sp³-hybridized carbons (Fsp3) is 0.357. The molecule has 0 saturated carbocycles. The highest BCUT2D eigenvalue weighted by Gasteiger charge is 2.11. The maximum Gasteiger partial charge on any atom is 0.147 e. The van der Waals surface area contributed by atoms with Crippen LogP contribution in [-0.4, -0.2) is 40.6 Å². The molecular weight excluding hydrogens is 243 g/mol. The van der Waals surface area contributed by atoms with E-state index in [1.165, 1.54) is 0 Å². The number of aromatic nitrogens is 2. The lowest BCUT2D eigenvalue weighted by Gasteiger charge is -2.27. The van der Waals surface area contributed by atoms with E-state index in [4.69, 9.17) is 0 Å². The summed E-state index contributed by atoms with van der Waals surface area (Å²) in [5.41, 5.74) is 1.56. The van der Waals surface area contributed by atoms with E-state index in [2.05, 4.69) is 15.2 Å². The third-order valence-corrected chi connectivity index (χ3v) is 3.41. The number of nitrogens with zero attached hydrogens (tertiary/aromatic N) is 3. The molecule has 1 saturated heterocycles. The summed E-state index contributed by atoms with van der Waals surface area (Å²) in [7, 11) is 0. The number of rotatable bonds is 3. The summed E-state index contributed by atoms with van der Waals surface area (Å²) in [5, 5.41) is 3.31. The van der Waals surface area contributed by atoms with Gasteiger partial charge in [0.05, 0.1) is 12.0 Å². The van der Waals surface area contributed by atoms with Crippen molar-refractivity contribution in [2.24, 2.45) is 0 Å². The average molecular weight is 260 g/mol. The van der Waals surface area contributed by atoms with Crippen molar-refractivity contribution >= 4 is 0 Å². The number of imidazole rings is 1. The molecule has 3 rings (SSSR count). The molecule has 0 atom stereocenters. The predicted octanol–water partition coefficient (Wildman–Crippen LogP) is 1.42. The van der Waals surface area contributed by atoms with Gasteiger partial charge in [-0.2, -0.15) is 0 Å². The van der Waals surface area contributed by atoms with Crippen LogP contribution in [-0.2, 0) is 6.54 Å². The SMILES string of the molecule is Fc1cc(CN2CCNCC2)ccc1-n1ccnc1. The number of nitrogens with one attached hydrogen (secondary N) is 1. The van der Waals surface area contributed by atoms with Gasteiger partial charge >= 0.3 is 0 Å². The molecule has 0 spiro atoms. The van der Waals surface area contributed by atoms with Gasteiger partial charge in [-0.3, -0.25) is 4.90 Å². The lowest BCUT2D eigenvalue weighted by Crippen LogP contribution is -2.42. The molecule has 1 fully saturated rings. The van der Waals surface area contributed by atoms with Gasteiger partial charge in [0.2, 0.25) is 0 Å². The third kappa shape index (κ3) is 2.83. The Bertz CT molecular complexity index is 532. The van der Waals surface area contributed by atoms with Gasteiger partial charge < -0.3 is 9.88 Å². The van der Waals surface area contributed by atoms with E-state index in [-0.39, 0.29) is 5.82 Å². The molecule has 1 aromatic carbocycles. The van der Waals surface area contributed by atoms with Crippen molar-refractivity contribution in [3.05, 3.63) is 48.3 Å². The van der Waals surface area contributed by atoms with E-state index >= 15 is 0 Å². The van der Waals surface area contributed by atoms with E-state index in [1.807, 2.05) is 12.1 Å². The van der Waals surface area contributed by atoms with Gasteiger partial charge in [0.25, 0.3) is 0 Å². The van der Waals surface area contributed by atoms with E-state index < -0.39 is 0 Å². The van der Waals surface area contributed by atoms with Gasteiger partial charge in [0, 0.05) is 45.1 Å². The molecular formula is C14H17FN4. The van der Waals surface area contributed by atoms with E-state index in [9.17, 15) is 4.39 Å². The summed E-state index contributed by atoms with van der Waals surface area (Å²) >= 11 is 0. The van der Waals surface area contributed by atoms with E-state index in [1.54, 1.807) is 29.4 Å². The lowest BCUT2D eigenvalue weighted by atomic mass is 10.1. The molecule has 19 heavy (non-hydrogen) atoms. The largest absolute Gasteiger partial charge is 0.314 e. The summed E-state index contributed by atoms with van der Waals surface area (Å²) < 4.78 is 15.8. The van der Waals surface area contributed by atoms with Crippen LogP contribution >= 0.6 is 0 Å². The molecule has 1 aliphatic heterocycles. The maximum atomic E-state index is 14.1. The highest BCUT2D eigenvalue weighted by Crippen LogP contribution is 2.16. The zero-order chi connectivity index (χ0) is 13.1. The summed E-state index contributed by atoms with van der Waals surface area (Å²) in [5.74, 6) is -0.203. The van der Waals surface area contributed by atoms with Crippen molar-refractivity contribution in [3.63, 3.8) is 0 Å².